The molecule has 3 heterocycles. The summed E-state index contributed by atoms with van der Waals surface area (Å²) in [6, 6.07) is 15.6. The lowest BCUT2D eigenvalue weighted by Gasteiger charge is -2.29. The maximum atomic E-state index is 12.1. The summed E-state index contributed by atoms with van der Waals surface area (Å²) in [5.74, 6) is 1.22. The zero-order chi connectivity index (χ0) is 17.1. The van der Waals surface area contributed by atoms with Gasteiger partial charge in [-0.2, -0.15) is 0 Å². The van der Waals surface area contributed by atoms with Crippen LogP contribution in [0.3, 0.4) is 0 Å². The molecule has 126 valence electrons. The summed E-state index contributed by atoms with van der Waals surface area (Å²) in [4.78, 5) is 14.3. The first kappa shape index (κ1) is 15.4. The average molecular weight is 334 g/mol. The zero-order valence-electron chi connectivity index (χ0n) is 13.7. The van der Waals surface area contributed by atoms with Crippen molar-refractivity contribution in [1.82, 2.24) is 15.5 Å². The normalized spacial score (nSPS) is 13.4. The molecule has 6 nitrogen and oxygen atoms in total. The number of nitrogens with one attached hydrogen (secondary N) is 1. The van der Waals surface area contributed by atoms with Crippen LogP contribution in [0.5, 0.6) is 0 Å². The lowest BCUT2D eigenvalue weighted by Crippen LogP contribution is -2.31. The van der Waals surface area contributed by atoms with Gasteiger partial charge in [-0.15, -0.1) is 10.2 Å². The fourth-order valence-electron chi connectivity index (χ4n) is 2.98. The highest BCUT2D eigenvalue weighted by Gasteiger charge is 2.18. The fourth-order valence-corrected chi connectivity index (χ4v) is 2.98. The molecule has 0 spiro atoms. The second kappa shape index (κ2) is 6.76. The Bertz CT molecular complexity index is 859. The predicted octanol–water partition coefficient (Wildman–Crippen LogP) is 2.56. The number of rotatable bonds is 4. The number of amides is 1. The Morgan fingerprint density at radius 1 is 1.08 bits per heavy atom. The van der Waals surface area contributed by atoms with Crippen molar-refractivity contribution in [3.05, 3.63) is 77.4 Å². The number of benzene rings is 1. The van der Waals surface area contributed by atoms with Gasteiger partial charge in [-0.05, 0) is 41.8 Å². The molecule has 0 radical (unpaired) electrons. The van der Waals surface area contributed by atoms with Crippen molar-refractivity contribution in [3.8, 4) is 0 Å². The summed E-state index contributed by atoms with van der Waals surface area (Å²) >= 11 is 0. The molecule has 1 aliphatic rings. The molecule has 1 aromatic carbocycles. The average Bonchev–Trinajstić information content (AvgIpc) is 3.19. The Hall–Kier alpha value is -3.15. The standard InChI is InChI=1S/C19H18N4O2/c24-19(20-12-16-6-3-11-25-16)17-7-8-18(22-21-17)23-10-9-14-4-1-2-5-15(14)13-23/h1-8,11H,9-10,12-13H2,(H,20,24). The number of fused-ring (bicyclic) bond motifs is 1. The maximum absolute atomic E-state index is 12.1. The number of aromatic nitrogens is 2. The van der Waals surface area contributed by atoms with Gasteiger partial charge in [0.15, 0.2) is 11.5 Å². The van der Waals surface area contributed by atoms with E-state index in [4.69, 9.17) is 4.42 Å². The molecule has 6 heteroatoms. The van der Waals surface area contributed by atoms with Gasteiger partial charge in [-0.25, -0.2) is 0 Å². The first-order valence-corrected chi connectivity index (χ1v) is 8.25. The van der Waals surface area contributed by atoms with E-state index in [1.165, 1.54) is 11.1 Å². The van der Waals surface area contributed by atoms with Crippen molar-refractivity contribution in [2.24, 2.45) is 0 Å². The third-order valence-corrected chi connectivity index (χ3v) is 4.34. The minimum atomic E-state index is -0.264. The molecular weight excluding hydrogens is 316 g/mol. The summed E-state index contributed by atoms with van der Waals surface area (Å²) in [6.07, 6.45) is 2.57. The van der Waals surface area contributed by atoms with Gasteiger partial charge in [0.25, 0.3) is 5.91 Å². The number of carbonyl (C=O) groups is 1. The van der Waals surface area contributed by atoms with Crippen molar-refractivity contribution in [3.63, 3.8) is 0 Å². The van der Waals surface area contributed by atoms with E-state index in [-0.39, 0.29) is 5.91 Å². The number of anilines is 1. The highest BCUT2D eigenvalue weighted by atomic mass is 16.3. The topological polar surface area (TPSA) is 71.3 Å². The van der Waals surface area contributed by atoms with Crippen LogP contribution in [0.4, 0.5) is 5.82 Å². The molecule has 1 aliphatic heterocycles. The van der Waals surface area contributed by atoms with Gasteiger partial charge >= 0.3 is 0 Å². The third-order valence-electron chi connectivity index (χ3n) is 4.34. The van der Waals surface area contributed by atoms with Crippen LogP contribution in [0.1, 0.15) is 27.4 Å². The molecule has 1 N–H and O–H groups in total. The number of hydrogen-bond acceptors (Lipinski definition) is 5. The SMILES string of the molecule is O=C(NCc1ccco1)c1ccc(N2CCc3ccccc3C2)nn1. The number of nitrogens with zero attached hydrogens (tertiary/aromatic N) is 3. The lowest BCUT2D eigenvalue weighted by molar-refractivity contribution is 0.0942. The molecule has 0 fully saturated rings. The highest BCUT2D eigenvalue weighted by molar-refractivity contribution is 5.92. The van der Waals surface area contributed by atoms with Gasteiger partial charge in [0.05, 0.1) is 12.8 Å². The van der Waals surface area contributed by atoms with Gasteiger partial charge < -0.3 is 14.6 Å². The Balaban J connectivity index is 1.41. The smallest absolute Gasteiger partial charge is 0.272 e. The Kier molecular flexibility index (Phi) is 4.16. The Morgan fingerprint density at radius 2 is 1.96 bits per heavy atom. The molecular formula is C19H18N4O2. The molecule has 0 bridgehead atoms. The van der Waals surface area contributed by atoms with Crippen LogP contribution >= 0.6 is 0 Å². The van der Waals surface area contributed by atoms with Crippen molar-refractivity contribution >= 4 is 11.7 Å². The van der Waals surface area contributed by atoms with Gasteiger partial charge in [-0.1, -0.05) is 24.3 Å². The van der Waals surface area contributed by atoms with Crippen molar-refractivity contribution < 1.29 is 9.21 Å². The van der Waals surface area contributed by atoms with Crippen LogP contribution in [-0.2, 0) is 19.5 Å². The van der Waals surface area contributed by atoms with Crippen LogP contribution in [0.15, 0.2) is 59.2 Å². The molecule has 0 unspecified atom stereocenters. The van der Waals surface area contributed by atoms with Crippen LogP contribution in [-0.4, -0.2) is 22.6 Å². The van der Waals surface area contributed by atoms with Gasteiger partial charge in [0, 0.05) is 13.1 Å². The van der Waals surface area contributed by atoms with Crippen LogP contribution in [0.2, 0.25) is 0 Å². The highest BCUT2D eigenvalue weighted by Crippen LogP contribution is 2.22. The molecule has 3 aromatic rings. The van der Waals surface area contributed by atoms with E-state index in [0.29, 0.717) is 18.0 Å². The van der Waals surface area contributed by atoms with E-state index in [1.54, 1.807) is 18.4 Å². The number of furan rings is 1. The predicted molar refractivity (Wildman–Crippen MR) is 93.1 cm³/mol. The Morgan fingerprint density at radius 3 is 2.72 bits per heavy atom. The maximum Gasteiger partial charge on any atom is 0.272 e. The molecule has 2 aromatic heterocycles. The molecule has 1 amide bonds. The first-order valence-electron chi connectivity index (χ1n) is 8.25. The first-order chi connectivity index (χ1) is 12.3. The zero-order valence-corrected chi connectivity index (χ0v) is 13.7. The third kappa shape index (κ3) is 3.38. The lowest BCUT2D eigenvalue weighted by atomic mass is 10.00. The fraction of sp³-hybridized carbons (Fsp3) is 0.211. The van der Waals surface area contributed by atoms with Crippen molar-refractivity contribution in [2.45, 2.75) is 19.5 Å². The molecule has 0 aliphatic carbocycles. The van der Waals surface area contributed by atoms with E-state index in [1.807, 2.05) is 12.1 Å². The van der Waals surface area contributed by atoms with Gasteiger partial charge in [0.1, 0.15) is 5.76 Å². The number of carbonyl (C=O) groups excluding carboxylic acids is 1. The Labute approximate surface area is 145 Å². The van der Waals surface area contributed by atoms with Crippen LogP contribution < -0.4 is 10.2 Å². The number of hydrogen-bond donors (Lipinski definition) is 1. The van der Waals surface area contributed by atoms with E-state index >= 15 is 0 Å². The quantitative estimate of drug-likeness (QED) is 0.794. The van der Waals surface area contributed by atoms with Crippen LogP contribution in [0, 0.1) is 0 Å². The summed E-state index contributed by atoms with van der Waals surface area (Å²) in [5.41, 5.74) is 3.00. The molecule has 0 saturated carbocycles. The van der Waals surface area contributed by atoms with Crippen molar-refractivity contribution in [2.75, 3.05) is 11.4 Å². The second-order valence-electron chi connectivity index (χ2n) is 5.98. The molecule has 4 rings (SSSR count). The van der Waals surface area contributed by atoms with E-state index < -0.39 is 0 Å². The second-order valence-corrected chi connectivity index (χ2v) is 5.98. The monoisotopic (exact) mass is 334 g/mol. The van der Waals surface area contributed by atoms with Crippen molar-refractivity contribution in [1.29, 1.82) is 0 Å². The minimum absolute atomic E-state index is 0.264. The molecule has 0 atom stereocenters. The van der Waals surface area contributed by atoms with Gasteiger partial charge in [0.2, 0.25) is 0 Å². The summed E-state index contributed by atoms with van der Waals surface area (Å²) < 4.78 is 5.19. The summed E-state index contributed by atoms with van der Waals surface area (Å²) in [5, 5.41) is 11.1. The molecule has 0 saturated heterocycles. The van der Waals surface area contributed by atoms with Gasteiger partial charge in [-0.3, -0.25) is 4.79 Å². The van der Waals surface area contributed by atoms with E-state index in [0.717, 1.165) is 25.3 Å². The summed E-state index contributed by atoms with van der Waals surface area (Å²) in [7, 11) is 0. The minimum Gasteiger partial charge on any atom is -0.467 e. The molecule has 25 heavy (non-hydrogen) atoms. The van der Waals surface area contributed by atoms with E-state index in [9.17, 15) is 4.79 Å². The summed E-state index contributed by atoms with van der Waals surface area (Å²) in [6.45, 7) is 2.04. The van der Waals surface area contributed by atoms with E-state index in [2.05, 4.69) is 44.7 Å². The van der Waals surface area contributed by atoms with Crippen LogP contribution in [0.25, 0.3) is 0 Å². The largest absolute Gasteiger partial charge is 0.467 e.